The van der Waals surface area contributed by atoms with Gasteiger partial charge < -0.3 is 10.4 Å². The van der Waals surface area contributed by atoms with E-state index in [0.29, 0.717) is 12.0 Å². The summed E-state index contributed by atoms with van der Waals surface area (Å²) in [4.78, 5) is 2.81. The van der Waals surface area contributed by atoms with Crippen LogP contribution in [-0.4, -0.2) is 24.3 Å². The van der Waals surface area contributed by atoms with Gasteiger partial charge in [-0.2, -0.15) is 0 Å². The molecular weight excluding hydrogens is 206 g/mol. The van der Waals surface area contributed by atoms with Crippen molar-refractivity contribution in [2.75, 3.05) is 13.2 Å². The highest BCUT2D eigenvalue weighted by Gasteiger charge is 2.06. The number of hydrogen-bond donors (Lipinski definition) is 2. The second kappa shape index (κ2) is 6.26. The lowest BCUT2D eigenvalue weighted by Crippen LogP contribution is -2.32. The Labute approximate surface area is 96.3 Å². The van der Waals surface area contributed by atoms with Crippen LogP contribution in [0.15, 0.2) is 12.1 Å². The van der Waals surface area contributed by atoms with E-state index in [9.17, 15) is 0 Å². The van der Waals surface area contributed by atoms with Gasteiger partial charge in [0.25, 0.3) is 0 Å². The molecule has 0 aliphatic carbocycles. The number of thiophene rings is 1. The molecule has 0 amide bonds. The summed E-state index contributed by atoms with van der Waals surface area (Å²) < 4.78 is 0. The van der Waals surface area contributed by atoms with Gasteiger partial charge in [0.05, 0.1) is 0 Å². The third-order valence-electron chi connectivity index (χ3n) is 2.43. The number of aryl methyl sites for hydroxylation is 1. The van der Waals surface area contributed by atoms with Crippen LogP contribution in [0.25, 0.3) is 0 Å². The van der Waals surface area contributed by atoms with Crippen LogP contribution in [-0.2, 0) is 6.42 Å². The van der Waals surface area contributed by atoms with Crippen molar-refractivity contribution >= 4 is 11.3 Å². The molecule has 0 spiro atoms. The van der Waals surface area contributed by atoms with E-state index in [-0.39, 0.29) is 6.61 Å². The minimum atomic E-state index is 0.262. The summed E-state index contributed by atoms with van der Waals surface area (Å²) in [6, 6.07) is 4.86. The van der Waals surface area contributed by atoms with Crippen LogP contribution in [0.3, 0.4) is 0 Å². The Morgan fingerprint density at radius 3 is 2.67 bits per heavy atom. The molecule has 1 rings (SSSR count). The van der Waals surface area contributed by atoms with Gasteiger partial charge in [-0.3, -0.25) is 0 Å². The van der Waals surface area contributed by atoms with Crippen molar-refractivity contribution in [1.29, 1.82) is 0 Å². The standard InChI is InChI=1S/C12H21NOS/c1-9(8-14)7-13-10(2)6-12-5-4-11(3)15-12/h4-5,9-10,13-14H,6-8H2,1-3H3. The molecule has 0 aromatic carbocycles. The van der Waals surface area contributed by atoms with Crippen molar-refractivity contribution in [3.63, 3.8) is 0 Å². The molecule has 0 saturated carbocycles. The number of aliphatic hydroxyl groups is 1. The highest BCUT2D eigenvalue weighted by molar-refractivity contribution is 7.11. The van der Waals surface area contributed by atoms with Gasteiger partial charge in [0.1, 0.15) is 0 Å². The Hall–Kier alpha value is -0.380. The van der Waals surface area contributed by atoms with Crippen LogP contribution in [0.2, 0.25) is 0 Å². The van der Waals surface area contributed by atoms with Crippen molar-refractivity contribution in [3.8, 4) is 0 Å². The molecule has 2 unspecified atom stereocenters. The smallest absolute Gasteiger partial charge is 0.0468 e. The topological polar surface area (TPSA) is 32.3 Å². The van der Waals surface area contributed by atoms with Crippen LogP contribution < -0.4 is 5.32 Å². The van der Waals surface area contributed by atoms with Gasteiger partial charge in [0, 0.05) is 28.9 Å². The van der Waals surface area contributed by atoms with Crippen molar-refractivity contribution in [1.82, 2.24) is 5.32 Å². The average molecular weight is 227 g/mol. The van der Waals surface area contributed by atoms with Crippen LogP contribution in [0, 0.1) is 12.8 Å². The van der Waals surface area contributed by atoms with Gasteiger partial charge in [0.2, 0.25) is 0 Å². The molecular formula is C12H21NOS. The molecule has 0 aliphatic rings. The lowest BCUT2D eigenvalue weighted by molar-refractivity contribution is 0.231. The number of nitrogens with one attached hydrogen (secondary N) is 1. The summed E-state index contributed by atoms with van der Waals surface area (Å²) >= 11 is 1.87. The summed E-state index contributed by atoms with van der Waals surface area (Å²) in [7, 11) is 0. The first-order valence-corrected chi connectivity index (χ1v) is 6.33. The Bertz CT molecular complexity index is 285. The van der Waals surface area contributed by atoms with Crippen molar-refractivity contribution in [3.05, 3.63) is 21.9 Å². The third-order valence-corrected chi connectivity index (χ3v) is 3.45. The monoisotopic (exact) mass is 227 g/mol. The van der Waals surface area contributed by atoms with Crippen LogP contribution in [0.5, 0.6) is 0 Å². The molecule has 0 bridgehead atoms. The highest BCUT2D eigenvalue weighted by Crippen LogP contribution is 2.16. The van der Waals surface area contributed by atoms with Crippen LogP contribution >= 0.6 is 11.3 Å². The predicted octanol–water partition coefficient (Wildman–Crippen LogP) is 2.21. The van der Waals surface area contributed by atoms with Gasteiger partial charge in [0.15, 0.2) is 0 Å². The zero-order valence-electron chi connectivity index (χ0n) is 9.79. The van der Waals surface area contributed by atoms with Crippen molar-refractivity contribution in [2.24, 2.45) is 5.92 Å². The second-order valence-corrected chi connectivity index (χ2v) is 5.69. The minimum Gasteiger partial charge on any atom is -0.396 e. The quantitative estimate of drug-likeness (QED) is 0.781. The first-order chi connectivity index (χ1) is 7.11. The normalized spacial score (nSPS) is 15.2. The van der Waals surface area contributed by atoms with E-state index in [0.717, 1.165) is 13.0 Å². The zero-order chi connectivity index (χ0) is 11.3. The Morgan fingerprint density at radius 1 is 1.40 bits per heavy atom. The zero-order valence-corrected chi connectivity index (χ0v) is 10.6. The Balaban J connectivity index is 2.27. The van der Waals surface area contributed by atoms with E-state index in [1.54, 1.807) is 0 Å². The van der Waals surface area contributed by atoms with Crippen molar-refractivity contribution < 1.29 is 5.11 Å². The Kier molecular flexibility index (Phi) is 5.29. The van der Waals surface area contributed by atoms with E-state index < -0.39 is 0 Å². The Morgan fingerprint density at radius 2 is 2.13 bits per heavy atom. The lowest BCUT2D eigenvalue weighted by Gasteiger charge is -2.15. The molecule has 0 saturated heterocycles. The third kappa shape index (κ3) is 4.78. The van der Waals surface area contributed by atoms with Gasteiger partial charge in [-0.25, -0.2) is 0 Å². The molecule has 1 aromatic heterocycles. The highest BCUT2D eigenvalue weighted by atomic mass is 32.1. The van der Waals surface area contributed by atoms with Gasteiger partial charge in [-0.05, 0) is 38.3 Å². The molecule has 0 fully saturated rings. The first-order valence-electron chi connectivity index (χ1n) is 5.51. The molecule has 15 heavy (non-hydrogen) atoms. The molecule has 1 heterocycles. The fraction of sp³-hybridized carbons (Fsp3) is 0.667. The molecule has 1 aromatic rings. The molecule has 2 nitrogen and oxygen atoms in total. The van der Waals surface area contributed by atoms with Crippen molar-refractivity contribution in [2.45, 2.75) is 33.2 Å². The average Bonchev–Trinajstić information content (AvgIpc) is 2.60. The maximum Gasteiger partial charge on any atom is 0.0468 e. The summed E-state index contributed by atoms with van der Waals surface area (Å²) in [5, 5.41) is 12.3. The van der Waals surface area contributed by atoms with Crippen LogP contribution in [0.4, 0.5) is 0 Å². The molecule has 3 heteroatoms. The van der Waals surface area contributed by atoms with Gasteiger partial charge in [-0.15, -0.1) is 11.3 Å². The summed E-state index contributed by atoms with van der Waals surface area (Å²) in [5.74, 6) is 0.345. The maximum atomic E-state index is 8.90. The molecule has 0 radical (unpaired) electrons. The van der Waals surface area contributed by atoms with E-state index in [4.69, 9.17) is 5.11 Å². The lowest BCUT2D eigenvalue weighted by atomic mass is 10.1. The van der Waals surface area contributed by atoms with Gasteiger partial charge in [-0.1, -0.05) is 6.92 Å². The SMILES string of the molecule is Cc1ccc(CC(C)NCC(C)CO)s1. The first kappa shape index (κ1) is 12.7. The fourth-order valence-corrected chi connectivity index (χ4v) is 2.45. The molecule has 2 N–H and O–H groups in total. The molecule has 2 atom stereocenters. The second-order valence-electron chi connectivity index (χ2n) is 4.31. The van der Waals surface area contributed by atoms with E-state index >= 15 is 0 Å². The van der Waals surface area contributed by atoms with E-state index in [2.05, 4.69) is 38.2 Å². The summed E-state index contributed by atoms with van der Waals surface area (Å²) in [6.07, 6.45) is 1.08. The summed E-state index contributed by atoms with van der Waals surface area (Å²) in [5.41, 5.74) is 0. The predicted molar refractivity (Wildman–Crippen MR) is 66.5 cm³/mol. The molecule has 0 aliphatic heterocycles. The summed E-state index contributed by atoms with van der Waals surface area (Å²) in [6.45, 7) is 7.54. The fourth-order valence-electron chi connectivity index (χ4n) is 1.44. The van der Waals surface area contributed by atoms with E-state index in [1.165, 1.54) is 9.75 Å². The van der Waals surface area contributed by atoms with Crippen LogP contribution in [0.1, 0.15) is 23.6 Å². The number of rotatable bonds is 6. The largest absolute Gasteiger partial charge is 0.396 e. The van der Waals surface area contributed by atoms with E-state index in [1.807, 2.05) is 11.3 Å². The van der Waals surface area contributed by atoms with Gasteiger partial charge >= 0.3 is 0 Å². The maximum absolute atomic E-state index is 8.90. The number of hydrogen-bond acceptors (Lipinski definition) is 3. The molecule has 86 valence electrons. The minimum absolute atomic E-state index is 0.262. The number of aliphatic hydroxyl groups excluding tert-OH is 1.